The number of aromatic nitrogens is 1. The van der Waals surface area contributed by atoms with Gasteiger partial charge in [-0.2, -0.15) is 0 Å². The van der Waals surface area contributed by atoms with E-state index in [1.165, 1.54) is 33.8 Å². The van der Waals surface area contributed by atoms with Crippen molar-refractivity contribution in [1.29, 1.82) is 0 Å². The van der Waals surface area contributed by atoms with Crippen molar-refractivity contribution in [3.63, 3.8) is 0 Å². The molecule has 0 atom stereocenters. The number of H-pyrrole nitrogens is 1. The van der Waals surface area contributed by atoms with Gasteiger partial charge in [0.15, 0.2) is 0 Å². The zero-order chi connectivity index (χ0) is 18.4. The topological polar surface area (TPSA) is 81.7 Å². The zero-order valence-corrected chi connectivity index (χ0v) is 14.8. The van der Waals surface area contributed by atoms with Crippen LogP contribution >= 0.6 is 0 Å². The second kappa shape index (κ2) is 8.47. The van der Waals surface area contributed by atoms with E-state index in [2.05, 4.69) is 53.6 Å². The van der Waals surface area contributed by atoms with Gasteiger partial charge in [-0.3, -0.25) is 10.0 Å². The lowest BCUT2D eigenvalue weighted by Gasteiger charge is -2.04. The Bertz CT molecular complexity index is 911. The van der Waals surface area contributed by atoms with Crippen LogP contribution in [0.15, 0.2) is 54.6 Å². The molecular weight excluding hydrogens is 326 g/mol. The fourth-order valence-corrected chi connectivity index (χ4v) is 3.15. The van der Waals surface area contributed by atoms with Crippen LogP contribution in [0.2, 0.25) is 0 Å². The first-order chi connectivity index (χ1) is 12.7. The van der Waals surface area contributed by atoms with Crippen molar-refractivity contribution in [3.05, 3.63) is 77.0 Å². The molecule has 5 heteroatoms. The molecule has 0 saturated heterocycles. The van der Waals surface area contributed by atoms with Crippen molar-refractivity contribution >= 4 is 22.9 Å². The first-order valence-corrected chi connectivity index (χ1v) is 8.76. The lowest BCUT2D eigenvalue weighted by Crippen LogP contribution is -2.83. The highest BCUT2D eigenvalue weighted by molar-refractivity contribution is 5.90. The van der Waals surface area contributed by atoms with Gasteiger partial charge in [-0.15, -0.1) is 0 Å². The number of aromatic amines is 1. The van der Waals surface area contributed by atoms with E-state index in [4.69, 9.17) is 5.21 Å². The highest BCUT2D eigenvalue weighted by atomic mass is 16.5. The largest absolute Gasteiger partial charge is 0.358 e. The number of para-hydroxylation sites is 1. The lowest BCUT2D eigenvalue weighted by molar-refractivity contribution is -0.670. The molecule has 3 rings (SSSR count). The van der Waals surface area contributed by atoms with Gasteiger partial charge in [0.1, 0.15) is 6.54 Å². The van der Waals surface area contributed by atoms with Gasteiger partial charge in [-0.25, -0.2) is 5.48 Å². The Morgan fingerprint density at radius 2 is 1.96 bits per heavy atom. The number of hydroxylamine groups is 1. The quantitative estimate of drug-likeness (QED) is 0.228. The van der Waals surface area contributed by atoms with E-state index in [9.17, 15) is 4.79 Å². The predicted molar refractivity (Wildman–Crippen MR) is 103 cm³/mol. The lowest BCUT2D eigenvalue weighted by atomic mass is 10.1. The van der Waals surface area contributed by atoms with Crippen LogP contribution in [0.5, 0.6) is 0 Å². The standard InChI is InChI=1S/C21H23N3O2/c1-15-18(19-4-2-3-5-20(19)23-15)12-13-22-14-17-8-6-16(7-9-17)10-11-21(25)24-26/h2-11,22-23,26H,12-14H2,1H3,(H,24,25)/p+1/b11-10+. The summed E-state index contributed by atoms with van der Waals surface area (Å²) in [6.45, 7) is 4.09. The molecule has 0 aliphatic heterocycles. The van der Waals surface area contributed by atoms with Crippen LogP contribution in [0.4, 0.5) is 0 Å². The first kappa shape index (κ1) is 17.9. The number of quaternary nitrogens is 1. The van der Waals surface area contributed by atoms with E-state index in [0.29, 0.717) is 0 Å². The molecular formula is C21H24N3O2+. The summed E-state index contributed by atoms with van der Waals surface area (Å²) in [5, 5.41) is 12.1. The van der Waals surface area contributed by atoms with Crippen LogP contribution < -0.4 is 10.8 Å². The Morgan fingerprint density at radius 3 is 2.73 bits per heavy atom. The van der Waals surface area contributed by atoms with Gasteiger partial charge in [-0.05, 0) is 30.2 Å². The third kappa shape index (κ3) is 4.39. The average molecular weight is 350 g/mol. The van der Waals surface area contributed by atoms with Crippen molar-refractivity contribution in [2.75, 3.05) is 6.54 Å². The molecule has 1 amide bonds. The van der Waals surface area contributed by atoms with Crippen LogP contribution in [0.25, 0.3) is 17.0 Å². The smallest absolute Gasteiger partial charge is 0.267 e. The SMILES string of the molecule is Cc1[nH]c2ccccc2c1CC[NH2+]Cc1ccc(/C=C/C(=O)NO)cc1. The molecule has 5 nitrogen and oxygen atoms in total. The number of aryl methyl sites for hydroxylation is 1. The predicted octanol–water partition coefficient (Wildman–Crippen LogP) is 2.30. The number of nitrogens with two attached hydrogens (primary N) is 1. The van der Waals surface area contributed by atoms with E-state index >= 15 is 0 Å². The molecule has 2 aromatic carbocycles. The number of hydrogen-bond acceptors (Lipinski definition) is 2. The number of benzene rings is 2. The molecule has 0 saturated carbocycles. The van der Waals surface area contributed by atoms with Gasteiger partial charge in [0.2, 0.25) is 0 Å². The second-order valence-corrected chi connectivity index (χ2v) is 6.36. The Hall–Kier alpha value is -2.89. The van der Waals surface area contributed by atoms with Crippen LogP contribution in [0.3, 0.4) is 0 Å². The van der Waals surface area contributed by atoms with Crippen molar-refractivity contribution in [1.82, 2.24) is 10.5 Å². The minimum absolute atomic E-state index is 0.532. The second-order valence-electron chi connectivity index (χ2n) is 6.36. The van der Waals surface area contributed by atoms with Gasteiger partial charge in [0.25, 0.3) is 5.91 Å². The van der Waals surface area contributed by atoms with E-state index in [0.717, 1.165) is 25.1 Å². The van der Waals surface area contributed by atoms with E-state index < -0.39 is 5.91 Å². The minimum Gasteiger partial charge on any atom is -0.358 e. The van der Waals surface area contributed by atoms with Crippen LogP contribution in [-0.2, 0) is 17.8 Å². The summed E-state index contributed by atoms with van der Waals surface area (Å²) < 4.78 is 0. The van der Waals surface area contributed by atoms with Gasteiger partial charge in [-0.1, -0.05) is 42.5 Å². The molecule has 26 heavy (non-hydrogen) atoms. The number of carbonyl (C=O) groups is 1. The highest BCUT2D eigenvalue weighted by Crippen LogP contribution is 2.21. The van der Waals surface area contributed by atoms with E-state index in [1.807, 2.05) is 12.1 Å². The normalized spacial score (nSPS) is 11.3. The average Bonchev–Trinajstić information content (AvgIpc) is 2.99. The zero-order valence-electron chi connectivity index (χ0n) is 14.8. The summed E-state index contributed by atoms with van der Waals surface area (Å²) in [4.78, 5) is 14.4. The summed E-state index contributed by atoms with van der Waals surface area (Å²) in [5.41, 5.74) is 7.60. The fourth-order valence-electron chi connectivity index (χ4n) is 3.15. The number of hydrogen-bond donors (Lipinski definition) is 4. The Balaban J connectivity index is 1.51. The van der Waals surface area contributed by atoms with Crippen molar-refractivity contribution in [2.45, 2.75) is 19.9 Å². The minimum atomic E-state index is -0.532. The van der Waals surface area contributed by atoms with Crippen LogP contribution in [0.1, 0.15) is 22.4 Å². The van der Waals surface area contributed by atoms with Crippen molar-refractivity contribution in [3.8, 4) is 0 Å². The highest BCUT2D eigenvalue weighted by Gasteiger charge is 2.08. The maximum absolute atomic E-state index is 11.0. The first-order valence-electron chi connectivity index (χ1n) is 8.76. The van der Waals surface area contributed by atoms with Crippen LogP contribution in [-0.4, -0.2) is 22.6 Å². The summed E-state index contributed by atoms with van der Waals surface area (Å²) in [7, 11) is 0. The Kier molecular flexibility index (Phi) is 5.84. The summed E-state index contributed by atoms with van der Waals surface area (Å²) >= 11 is 0. The molecule has 0 bridgehead atoms. The maximum Gasteiger partial charge on any atom is 0.267 e. The molecule has 0 unspecified atom stereocenters. The van der Waals surface area contributed by atoms with E-state index in [1.54, 1.807) is 11.6 Å². The molecule has 5 N–H and O–H groups in total. The third-order valence-corrected chi connectivity index (χ3v) is 4.52. The number of amides is 1. The molecule has 134 valence electrons. The van der Waals surface area contributed by atoms with Gasteiger partial charge < -0.3 is 10.3 Å². The maximum atomic E-state index is 11.0. The van der Waals surface area contributed by atoms with Gasteiger partial charge in [0.05, 0.1) is 6.54 Å². The van der Waals surface area contributed by atoms with Gasteiger partial charge >= 0.3 is 0 Å². The van der Waals surface area contributed by atoms with Crippen molar-refractivity contribution < 1.29 is 15.3 Å². The fraction of sp³-hybridized carbons (Fsp3) is 0.190. The molecule has 1 aromatic heterocycles. The molecule has 0 aliphatic rings. The summed E-state index contributed by atoms with van der Waals surface area (Å²) in [5.74, 6) is -0.532. The third-order valence-electron chi connectivity index (χ3n) is 4.52. The Labute approximate surface area is 152 Å². The molecule has 0 spiro atoms. The van der Waals surface area contributed by atoms with Gasteiger partial charge in [0, 0.05) is 34.7 Å². The van der Waals surface area contributed by atoms with Crippen molar-refractivity contribution in [2.24, 2.45) is 0 Å². The molecule has 3 aromatic rings. The number of nitrogens with one attached hydrogen (secondary N) is 2. The summed E-state index contributed by atoms with van der Waals surface area (Å²) in [6, 6.07) is 16.5. The van der Waals surface area contributed by atoms with Crippen LogP contribution in [0, 0.1) is 6.92 Å². The number of carbonyl (C=O) groups excluding carboxylic acids is 1. The number of fused-ring (bicyclic) bond motifs is 1. The molecule has 1 heterocycles. The summed E-state index contributed by atoms with van der Waals surface area (Å²) in [6.07, 6.45) is 4.00. The molecule has 0 radical (unpaired) electrons. The Morgan fingerprint density at radius 1 is 1.19 bits per heavy atom. The monoisotopic (exact) mass is 350 g/mol. The molecule has 0 fully saturated rings. The number of rotatable bonds is 7. The molecule has 0 aliphatic carbocycles. The van der Waals surface area contributed by atoms with E-state index in [-0.39, 0.29) is 0 Å².